The van der Waals surface area contributed by atoms with Crippen LogP contribution in [0.4, 0.5) is 0 Å². The highest BCUT2D eigenvalue weighted by molar-refractivity contribution is 5.75. The fourth-order valence-electron chi connectivity index (χ4n) is 2.58. The van der Waals surface area contributed by atoms with E-state index in [-0.39, 0.29) is 12.2 Å². The highest BCUT2D eigenvalue weighted by Crippen LogP contribution is 2.35. The molecule has 3 rings (SSSR count). The second-order valence-electron chi connectivity index (χ2n) is 5.13. The molecule has 1 fully saturated rings. The zero-order valence-corrected chi connectivity index (χ0v) is 11.5. The number of aryl methyl sites for hydroxylation is 1. The molecule has 0 spiro atoms. The summed E-state index contributed by atoms with van der Waals surface area (Å²) in [5.41, 5.74) is 0.430. The Bertz CT molecular complexity index is 841. The van der Waals surface area contributed by atoms with Gasteiger partial charge in [0.25, 0.3) is 0 Å². The third-order valence-corrected chi connectivity index (χ3v) is 3.60. The van der Waals surface area contributed by atoms with Crippen LogP contribution in [0.5, 0.6) is 0 Å². The molecule has 1 aliphatic heterocycles. The van der Waals surface area contributed by atoms with Gasteiger partial charge in [-0.15, -0.1) is 0 Å². The van der Waals surface area contributed by atoms with Crippen LogP contribution < -0.4 is 0 Å². The highest BCUT2D eigenvalue weighted by atomic mass is 16.5. The number of ether oxygens (including phenoxy) is 1. The van der Waals surface area contributed by atoms with E-state index < -0.39 is 54.1 Å². The van der Waals surface area contributed by atoms with Gasteiger partial charge in [-0.1, -0.05) is 30.2 Å². The maximum absolute atomic E-state index is 12.2. The Morgan fingerprint density at radius 1 is 1.52 bits per heavy atom. The van der Waals surface area contributed by atoms with E-state index in [4.69, 9.17) is 11.6 Å². The summed E-state index contributed by atoms with van der Waals surface area (Å²) >= 11 is 0. The summed E-state index contributed by atoms with van der Waals surface area (Å²) in [4.78, 5) is 16.4. The summed E-state index contributed by atoms with van der Waals surface area (Å²) in [6.45, 7) is 0.0792. The second-order valence-corrected chi connectivity index (χ2v) is 5.13. The van der Waals surface area contributed by atoms with Crippen LogP contribution in [0.15, 0.2) is 42.7 Å². The molecule has 0 bridgehead atoms. The maximum Gasteiger partial charge on any atom is 0.312 e. The molecule has 1 aromatic carbocycles. The van der Waals surface area contributed by atoms with Crippen LogP contribution in [0.3, 0.4) is 0 Å². The molecule has 0 unspecified atom stereocenters. The number of nitrogens with zero attached hydrogens (tertiary/aromatic N) is 2. The molecule has 5 nitrogen and oxygen atoms in total. The summed E-state index contributed by atoms with van der Waals surface area (Å²) in [5, 5.41) is 10.8. The molecule has 0 radical (unpaired) electrons. The lowest BCUT2D eigenvalue weighted by molar-refractivity contribution is -0.144. The van der Waals surface area contributed by atoms with Gasteiger partial charge < -0.3 is 14.4 Å². The quantitative estimate of drug-likeness (QED) is 0.867. The molecular weight excluding hydrogens is 268 g/mol. The van der Waals surface area contributed by atoms with Crippen molar-refractivity contribution < 1.29 is 21.5 Å². The number of esters is 1. The fourth-order valence-corrected chi connectivity index (χ4v) is 2.58. The van der Waals surface area contributed by atoms with Crippen LogP contribution >= 0.6 is 0 Å². The Labute approximate surface area is 130 Å². The Kier molecular flexibility index (Phi) is 2.44. The Morgan fingerprint density at radius 3 is 2.95 bits per heavy atom. The standard InChI is InChI=1S/C16H18N2O3/c1-18-8-13(17-10-18)7-12-9-21-16(20)14(12)15(19)11-5-3-2-4-6-11/h2-6,8,10,12,14-15,19H,7,9H2,1H3/t12-,14-,15+/m0/s1/i2D,3D,4D,5D,6D. The van der Waals surface area contributed by atoms with E-state index in [1.165, 1.54) is 0 Å². The van der Waals surface area contributed by atoms with Crippen LogP contribution in [0.2, 0.25) is 0 Å². The summed E-state index contributed by atoms with van der Waals surface area (Å²) in [5.74, 6) is -2.09. The van der Waals surface area contributed by atoms with E-state index in [2.05, 4.69) is 4.98 Å². The number of imidazole rings is 1. The third-order valence-electron chi connectivity index (χ3n) is 3.60. The molecule has 0 amide bonds. The summed E-state index contributed by atoms with van der Waals surface area (Å²) in [7, 11) is 1.81. The first-order valence-corrected chi connectivity index (χ1v) is 6.60. The number of hydrogen-bond donors (Lipinski definition) is 1. The van der Waals surface area contributed by atoms with Crippen LogP contribution in [0.1, 0.15) is 24.2 Å². The summed E-state index contributed by atoms with van der Waals surface area (Å²) in [6, 6.07) is -2.67. The van der Waals surface area contributed by atoms with Gasteiger partial charge in [0, 0.05) is 19.2 Å². The lowest BCUT2D eigenvalue weighted by Gasteiger charge is -2.20. The highest BCUT2D eigenvalue weighted by Gasteiger charge is 2.42. The molecule has 5 heteroatoms. The smallest absolute Gasteiger partial charge is 0.312 e. The number of cyclic esters (lactones) is 1. The Hall–Kier alpha value is -2.14. The number of carbonyl (C=O) groups excluding carboxylic acids is 1. The van der Waals surface area contributed by atoms with Crippen molar-refractivity contribution in [1.29, 1.82) is 0 Å². The monoisotopic (exact) mass is 291 g/mol. The van der Waals surface area contributed by atoms with E-state index in [9.17, 15) is 9.90 Å². The zero-order valence-electron chi connectivity index (χ0n) is 16.5. The molecule has 21 heavy (non-hydrogen) atoms. The van der Waals surface area contributed by atoms with E-state index in [1.807, 2.05) is 7.05 Å². The van der Waals surface area contributed by atoms with E-state index in [1.54, 1.807) is 17.1 Å². The van der Waals surface area contributed by atoms with Gasteiger partial charge in [-0.05, 0) is 12.0 Å². The molecule has 1 saturated heterocycles. The number of aliphatic hydroxyl groups is 1. The minimum absolute atomic E-state index is 0.0792. The van der Waals surface area contributed by atoms with Crippen molar-refractivity contribution in [3.8, 4) is 0 Å². The number of aliphatic hydroxyl groups excluding tert-OH is 1. The summed E-state index contributed by atoms with van der Waals surface area (Å²) < 4.78 is 45.9. The first kappa shape index (κ1) is 9.00. The first-order chi connectivity index (χ1) is 12.2. The van der Waals surface area contributed by atoms with Gasteiger partial charge in [-0.2, -0.15) is 0 Å². The Morgan fingerprint density at radius 2 is 2.29 bits per heavy atom. The molecule has 1 aromatic heterocycles. The van der Waals surface area contributed by atoms with Crippen molar-refractivity contribution in [2.75, 3.05) is 6.61 Å². The molecule has 0 aliphatic carbocycles. The molecular formula is C16H18N2O3. The second kappa shape index (κ2) is 5.69. The predicted octanol–water partition coefficient (Wildman–Crippen LogP) is 1.49. The average Bonchev–Trinajstić information content (AvgIpc) is 3.17. The number of hydrogen-bond acceptors (Lipinski definition) is 4. The SMILES string of the molecule is [2H]c1c([2H])c([2H])c([C@@H](O)[C@H]2C(=O)OC[C@@H]2Cc2cn(C)cn2)c([2H])c1[2H]. The lowest BCUT2D eigenvalue weighted by Crippen LogP contribution is -2.25. The number of aromatic nitrogens is 2. The van der Waals surface area contributed by atoms with Crippen LogP contribution in [-0.4, -0.2) is 27.2 Å². The van der Waals surface area contributed by atoms with E-state index in [0.29, 0.717) is 12.1 Å². The normalized spacial score (nSPS) is 26.4. The number of rotatable bonds is 4. The minimum Gasteiger partial charge on any atom is -0.465 e. The van der Waals surface area contributed by atoms with Crippen molar-refractivity contribution >= 4 is 5.97 Å². The molecule has 0 saturated carbocycles. The first-order valence-electron chi connectivity index (χ1n) is 9.10. The van der Waals surface area contributed by atoms with Gasteiger partial charge in [0.2, 0.25) is 0 Å². The van der Waals surface area contributed by atoms with Gasteiger partial charge in [0.1, 0.15) is 0 Å². The topological polar surface area (TPSA) is 64.3 Å². The largest absolute Gasteiger partial charge is 0.465 e. The van der Waals surface area contributed by atoms with Gasteiger partial charge >= 0.3 is 5.97 Å². The molecule has 2 aromatic rings. The minimum atomic E-state index is -1.56. The van der Waals surface area contributed by atoms with Crippen LogP contribution in [0, 0.1) is 11.8 Å². The molecule has 2 heterocycles. The van der Waals surface area contributed by atoms with Crippen molar-refractivity contribution in [3.05, 3.63) is 54.0 Å². The molecule has 1 aliphatic rings. The van der Waals surface area contributed by atoms with Gasteiger partial charge in [-0.25, -0.2) is 4.98 Å². The molecule has 110 valence electrons. The zero-order chi connectivity index (χ0) is 19.2. The maximum atomic E-state index is 12.2. The Balaban J connectivity index is 1.97. The predicted molar refractivity (Wildman–Crippen MR) is 76.3 cm³/mol. The van der Waals surface area contributed by atoms with Crippen molar-refractivity contribution in [2.45, 2.75) is 12.5 Å². The molecule has 1 N–H and O–H groups in total. The number of carbonyl (C=O) groups is 1. The fraction of sp³-hybridized carbons (Fsp3) is 0.375. The molecule has 3 atom stereocenters. The van der Waals surface area contributed by atoms with Crippen molar-refractivity contribution in [1.82, 2.24) is 9.55 Å². The van der Waals surface area contributed by atoms with Gasteiger partial charge in [0.15, 0.2) is 0 Å². The van der Waals surface area contributed by atoms with Crippen molar-refractivity contribution in [3.63, 3.8) is 0 Å². The van der Waals surface area contributed by atoms with Crippen molar-refractivity contribution in [2.24, 2.45) is 18.9 Å². The van der Waals surface area contributed by atoms with Gasteiger partial charge in [0.05, 0.1) is 37.5 Å². The van der Waals surface area contributed by atoms with Gasteiger partial charge in [-0.3, -0.25) is 4.79 Å². The van der Waals surface area contributed by atoms with Crippen LogP contribution in [-0.2, 0) is 23.0 Å². The summed E-state index contributed by atoms with van der Waals surface area (Å²) in [6.07, 6.45) is 2.21. The number of benzene rings is 1. The third kappa shape index (κ3) is 2.83. The van der Waals surface area contributed by atoms with Crippen LogP contribution in [0.25, 0.3) is 0 Å². The van der Waals surface area contributed by atoms with E-state index in [0.717, 1.165) is 0 Å². The average molecular weight is 291 g/mol. The van der Waals surface area contributed by atoms with E-state index >= 15 is 0 Å². The lowest BCUT2D eigenvalue weighted by atomic mass is 9.84.